The zero-order valence-electron chi connectivity index (χ0n) is 7.34. The van der Waals surface area contributed by atoms with E-state index in [2.05, 4.69) is 10.4 Å². The Labute approximate surface area is 68.9 Å². The van der Waals surface area contributed by atoms with Gasteiger partial charge < -0.3 is 0 Å². The molecule has 2 nitrogen and oxygen atoms in total. The van der Waals surface area contributed by atoms with E-state index in [4.69, 9.17) is 0 Å². The first kappa shape index (κ1) is 7.56. The Morgan fingerprint density at radius 1 is 1.09 bits per heavy atom. The maximum Gasteiger partial charge on any atom is 0.0162 e. The predicted octanol–water partition coefficient (Wildman–Crippen LogP) is 1.24. The van der Waals surface area contributed by atoms with E-state index in [0.29, 0.717) is 0 Å². The third-order valence-corrected chi connectivity index (χ3v) is 3.29. The van der Waals surface area contributed by atoms with Crippen LogP contribution in [-0.4, -0.2) is 25.1 Å². The number of rotatable bonds is 1. The van der Waals surface area contributed by atoms with Crippen LogP contribution in [0.1, 0.15) is 25.7 Å². The minimum Gasteiger partial charge on any atom is -0.258 e. The molecule has 2 rings (SSSR count). The molecule has 0 aromatic carbocycles. The summed E-state index contributed by atoms with van der Waals surface area (Å²) in [6.07, 6.45) is 5.89. The smallest absolute Gasteiger partial charge is 0.0162 e. The molecule has 2 atom stereocenters. The fourth-order valence-electron chi connectivity index (χ4n) is 2.59. The van der Waals surface area contributed by atoms with Gasteiger partial charge in [-0.05, 0) is 31.7 Å². The Bertz CT molecular complexity index is 122. The van der Waals surface area contributed by atoms with Crippen molar-refractivity contribution in [1.82, 2.24) is 10.4 Å². The standard InChI is InChI=1S/C9H18N2/c1-10-11-6-8-4-2-3-5-9(8)7-11/h8-10H,2-7H2,1H3. The van der Waals surface area contributed by atoms with Gasteiger partial charge in [-0.2, -0.15) is 0 Å². The van der Waals surface area contributed by atoms with Gasteiger partial charge in [0.1, 0.15) is 0 Å². The van der Waals surface area contributed by atoms with E-state index in [1.54, 1.807) is 0 Å². The summed E-state index contributed by atoms with van der Waals surface area (Å²) in [4.78, 5) is 0. The van der Waals surface area contributed by atoms with Crippen molar-refractivity contribution in [1.29, 1.82) is 0 Å². The Kier molecular flexibility index (Phi) is 2.14. The van der Waals surface area contributed by atoms with Crippen molar-refractivity contribution in [3.8, 4) is 0 Å². The molecule has 0 amide bonds. The van der Waals surface area contributed by atoms with Gasteiger partial charge in [0.05, 0.1) is 0 Å². The fraction of sp³-hybridized carbons (Fsp3) is 1.00. The molecule has 1 saturated heterocycles. The highest BCUT2D eigenvalue weighted by Gasteiger charge is 2.33. The van der Waals surface area contributed by atoms with E-state index >= 15 is 0 Å². The van der Waals surface area contributed by atoms with Crippen LogP contribution in [0.5, 0.6) is 0 Å². The van der Waals surface area contributed by atoms with Gasteiger partial charge in [0.15, 0.2) is 0 Å². The van der Waals surface area contributed by atoms with Gasteiger partial charge in [-0.15, -0.1) is 0 Å². The van der Waals surface area contributed by atoms with Crippen LogP contribution >= 0.6 is 0 Å². The molecule has 1 N–H and O–H groups in total. The fourth-order valence-corrected chi connectivity index (χ4v) is 2.59. The summed E-state index contributed by atoms with van der Waals surface area (Å²) in [5.74, 6) is 2.02. The van der Waals surface area contributed by atoms with E-state index in [9.17, 15) is 0 Å². The van der Waals surface area contributed by atoms with E-state index in [1.807, 2.05) is 7.05 Å². The Balaban J connectivity index is 1.92. The zero-order chi connectivity index (χ0) is 7.68. The minimum absolute atomic E-state index is 1.01. The van der Waals surface area contributed by atoms with Crippen molar-refractivity contribution in [3.63, 3.8) is 0 Å². The van der Waals surface area contributed by atoms with Crippen molar-refractivity contribution in [3.05, 3.63) is 0 Å². The van der Waals surface area contributed by atoms with Gasteiger partial charge in [-0.25, -0.2) is 5.01 Å². The number of hydrogen-bond acceptors (Lipinski definition) is 2. The Hall–Kier alpha value is -0.0800. The van der Waals surface area contributed by atoms with Crippen molar-refractivity contribution in [2.24, 2.45) is 11.8 Å². The molecule has 1 aliphatic heterocycles. The molecule has 1 aliphatic carbocycles. The largest absolute Gasteiger partial charge is 0.258 e. The molecule has 0 radical (unpaired) electrons. The first-order valence-electron chi connectivity index (χ1n) is 4.82. The van der Waals surface area contributed by atoms with Gasteiger partial charge in [-0.1, -0.05) is 12.8 Å². The van der Waals surface area contributed by atoms with Crippen LogP contribution < -0.4 is 5.43 Å². The Morgan fingerprint density at radius 2 is 1.64 bits per heavy atom. The molecule has 2 unspecified atom stereocenters. The second kappa shape index (κ2) is 3.11. The maximum atomic E-state index is 3.25. The highest BCUT2D eigenvalue weighted by Crippen LogP contribution is 2.34. The summed E-state index contributed by atoms with van der Waals surface area (Å²) in [5, 5.41) is 2.38. The molecular weight excluding hydrogens is 136 g/mol. The second-order valence-electron chi connectivity index (χ2n) is 3.93. The third-order valence-electron chi connectivity index (χ3n) is 3.29. The minimum atomic E-state index is 1.01. The molecule has 11 heavy (non-hydrogen) atoms. The van der Waals surface area contributed by atoms with E-state index < -0.39 is 0 Å². The van der Waals surface area contributed by atoms with Crippen LogP contribution in [0.25, 0.3) is 0 Å². The van der Waals surface area contributed by atoms with Crippen LogP contribution in [0.15, 0.2) is 0 Å². The monoisotopic (exact) mass is 154 g/mol. The van der Waals surface area contributed by atoms with Gasteiger partial charge in [0, 0.05) is 13.1 Å². The predicted molar refractivity (Wildman–Crippen MR) is 46.1 cm³/mol. The maximum absolute atomic E-state index is 3.25. The summed E-state index contributed by atoms with van der Waals surface area (Å²) in [6.45, 7) is 2.59. The van der Waals surface area contributed by atoms with Crippen molar-refractivity contribution in [2.75, 3.05) is 20.1 Å². The van der Waals surface area contributed by atoms with Crippen molar-refractivity contribution < 1.29 is 0 Å². The number of hydrogen-bond donors (Lipinski definition) is 1. The van der Waals surface area contributed by atoms with Crippen LogP contribution in [-0.2, 0) is 0 Å². The average Bonchev–Trinajstić information content (AvgIpc) is 2.46. The van der Waals surface area contributed by atoms with Crippen molar-refractivity contribution >= 4 is 0 Å². The molecular formula is C9H18N2. The third kappa shape index (κ3) is 1.42. The molecule has 1 saturated carbocycles. The quantitative estimate of drug-likeness (QED) is 0.611. The van der Waals surface area contributed by atoms with Crippen LogP contribution in [0, 0.1) is 11.8 Å². The Morgan fingerprint density at radius 3 is 2.09 bits per heavy atom. The highest BCUT2D eigenvalue weighted by atomic mass is 15.5. The summed E-state index contributed by atoms with van der Waals surface area (Å²) >= 11 is 0. The molecule has 0 bridgehead atoms. The first-order chi connectivity index (χ1) is 5.40. The van der Waals surface area contributed by atoms with Crippen LogP contribution in [0.3, 0.4) is 0 Å². The lowest BCUT2D eigenvalue weighted by molar-refractivity contribution is 0.247. The lowest BCUT2D eigenvalue weighted by Crippen LogP contribution is -2.32. The molecule has 2 aliphatic rings. The normalized spacial score (nSPS) is 39.0. The summed E-state index contributed by atoms with van der Waals surface area (Å²) in [6, 6.07) is 0. The molecule has 1 heterocycles. The van der Waals surface area contributed by atoms with Gasteiger partial charge in [-0.3, -0.25) is 5.43 Å². The van der Waals surface area contributed by atoms with Crippen molar-refractivity contribution in [2.45, 2.75) is 25.7 Å². The van der Waals surface area contributed by atoms with Gasteiger partial charge in [0.2, 0.25) is 0 Å². The SMILES string of the molecule is CNN1CC2CCCCC2C1. The molecule has 0 aromatic rings. The topological polar surface area (TPSA) is 15.3 Å². The van der Waals surface area contributed by atoms with E-state index in [0.717, 1.165) is 11.8 Å². The molecule has 2 fully saturated rings. The van der Waals surface area contributed by atoms with E-state index in [-0.39, 0.29) is 0 Å². The average molecular weight is 154 g/mol. The summed E-state index contributed by atoms with van der Waals surface area (Å²) in [5.41, 5.74) is 3.25. The van der Waals surface area contributed by atoms with Gasteiger partial charge >= 0.3 is 0 Å². The summed E-state index contributed by atoms with van der Waals surface area (Å²) in [7, 11) is 2.04. The zero-order valence-corrected chi connectivity index (χ0v) is 7.34. The van der Waals surface area contributed by atoms with E-state index in [1.165, 1.54) is 38.8 Å². The highest BCUT2D eigenvalue weighted by molar-refractivity contribution is 4.84. The molecule has 64 valence electrons. The number of nitrogens with zero attached hydrogens (tertiary/aromatic N) is 1. The lowest BCUT2D eigenvalue weighted by Gasteiger charge is -2.22. The first-order valence-corrected chi connectivity index (χ1v) is 4.82. The molecule has 0 aromatic heterocycles. The summed E-state index contributed by atoms with van der Waals surface area (Å²) < 4.78 is 0. The molecule has 2 heteroatoms. The van der Waals surface area contributed by atoms with Crippen LogP contribution in [0.4, 0.5) is 0 Å². The molecule has 0 spiro atoms. The number of nitrogens with one attached hydrogen (secondary N) is 1. The lowest BCUT2D eigenvalue weighted by atomic mass is 9.82. The van der Waals surface area contributed by atoms with Crippen LogP contribution in [0.2, 0.25) is 0 Å². The number of hydrazine groups is 1. The number of fused-ring (bicyclic) bond motifs is 1. The second-order valence-corrected chi connectivity index (χ2v) is 3.93. The van der Waals surface area contributed by atoms with Gasteiger partial charge in [0.25, 0.3) is 0 Å².